The van der Waals surface area contributed by atoms with E-state index in [2.05, 4.69) is 10.4 Å². The summed E-state index contributed by atoms with van der Waals surface area (Å²) in [6.07, 6.45) is 2.80. The number of nitrogens with zero attached hydrogens (tertiary/aromatic N) is 2. The van der Waals surface area contributed by atoms with E-state index in [-0.39, 0.29) is 0 Å². The standard InChI is InChI=1S/C10H19N3O/c1-4-14-8-6-9(11-2)10-5-7-12-13(10)3/h5,7,9,11H,4,6,8H2,1-3H3. The molecule has 1 rings (SSSR count). The third kappa shape index (κ3) is 2.82. The van der Waals surface area contributed by atoms with Crippen molar-refractivity contribution in [1.29, 1.82) is 0 Å². The van der Waals surface area contributed by atoms with Crippen molar-refractivity contribution in [2.45, 2.75) is 19.4 Å². The first-order chi connectivity index (χ1) is 6.79. The van der Waals surface area contributed by atoms with Gasteiger partial charge in [0.25, 0.3) is 0 Å². The van der Waals surface area contributed by atoms with Crippen molar-refractivity contribution >= 4 is 0 Å². The topological polar surface area (TPSA) is 39.1 Å². The van der Waals surface area contributed by atoms with Crippen molar-refractivity contribution in [3.05, 3.63) is 18.0 Å². The lowest BCUT2D eigenvalue weighted by atomic mass is 10.1. The summed E-state index contributed by atoms with van der Waals surface area (Å²) in [6, 6.07) is 2.36. The van der Waals surface area contributed by atoms with Gasteiger partial charge in [-0.2, -0.15) is 5.10 Å². The van der Waals surface area contributed by atoms with Gasteiger partial charge in [0.2, 0.25) is 0 Å². The molecule has 14 heavy (non-hydrogen) atoms. The minimum atomic E-state index is 0.328. The minimum Gasteiger partial charge on any atom is -0.382 e. The average molecular weight is 197 g/mol. The van der Waals surface area contributed by atoms with Crippen LogP contribution in [0.2, 0.25) is 0 Å². The molecule has 0 amide bonds. The molecule has 0 aliphatic rings. The molecule has 4 nitrogen and oxygen atoms in total. The Kier molecular flexibility index (Phi) is 4.62. The van der Waals surface area contributed by atoms with Crippen molar-refractivity contribution in [3.63, 3.8) is 0 Å². The molecule has 1 N–H and O–H groups in total. The first kappa shape index (κ1) is 11.2. The highest BCUT2D eigenvalue weighted by Crippen LogP contribution is 2.14. The fourth-order valence-electron chi connectivity index (χ4n) is 1.51. The summed E-state index contributed by atoms with van der Waals surface area (Å²) >= 11 is 0. The third-order valence-electron chi connectivity index (χ3n) is 2.32. The summed E-state index contributed by atoms with van der Waals surface area (Å²) in [5, 5.41) is 7.41. The Hall–Kier alpha value is -0.870. The van der Waals surface area contributed by atoms with Gasteiger partial charge >= 0.3 is 0 Å². The molecule has 0 aromatic carbocycles. The smallest absolute Gasteiger partial charge is 0.0551 e. The van der Waals surface area contributed by atoms with Crippen molar-refractivity contribution in [2.75, 3.05) is 20.3 Å². The van der Waals surface area contributed by atoms with E-state index in [0.717, 1.165) is 19.6 Å². The Balaban J connectivity index is 2.50. The fraction of sp³-hybridized carbons (Fsp3) is 0.700. The van der Waals surface area contributed by atoms with Crippen LogP contribution in [0.4, 0.5) is 0 Å². The van der Waals surface area contributed by atoms with Crippen LogP contribution in [0.3, 0.4) is 0 Å². The Labute approximate surface area is 85.3 Å². The SMILES string of the molecule is CCOCCC(NC)c1ccnn1C. The van der Waals surface area contributed by atoms with Crippen LogP contribution in [-0.4, -0.2) is 30.0 Å². The van der Waals surface area contributed by atoms with Gasteiger partial charge in [-0.05, 0) is 26.5 Å². The van der Waals surface area contributed by atoms with Crippen molar-refractivity contribution < 1.29 is 4.74 Å². The van der Waals surface area contributed by atoms with E-state index in [0.29, 0.717) is 6.04 Å². The molecule has 1 aromatic rings. The number of aryl methyl sites for hydroxylation is 1. The van der Waals surface area contributed by atoms with E-state index in [4.69, 9.17) is 4.74 Å². The molecule has 80 valence electrons. The molecule has 0 bridgehead atoms. The lowest BCUT2D eigenvalue weighted by Gasteiger charge is -2.16. The Bertz CT molecular complexity index is 260. The molecule has 1 atom stereocenters. The summed E-state index contributed by atoms with van der Waals surface area (Å²) in [4.78, 5) is 0. The highest BCUT2D eigenvalue weighted by Gasteiger charge is 2.11. The van der Waals surface area contributed by atoms with Crippen molar-refractivity contribution in [3.8, 4) is 0 Å². The van der Waals surface area contributed by atoms with Gasteiger partial charge in [-0.15, -0.1) is 0 Å². The normalized spacial score (nSPS) is 13.1. The van der Waals surface area contributed by atoms with E-state index >= 15 is 0 Å². The second-order valence-corrected chi connectivity index (χ2v) is 3.21. The molecule has 0 spiro atoms. The van der Waals surface area contributed by atoms with E-state index < -0.39 is 0 Å². The Morgan fingerprint density at radius 3 is 2.93 bits per heavy atom. The van der Waals surface area contributed by atoms with Crippen molar-refractivity contribution in [2.24, 2.45) is 7.05 Å². The van der Waals surface area contributed by atoms with Gasteiger partial charge in [0.1, 0.15) is 0 Å². The summed E-state index contributed by atoms with van der Waals surface area (Å²) in [7, 11) is 3.92. The van der Waals surface area contributed by atoms with Gasteiger partial charge in [-0.3, -0.25) is 4.68 Å². The maximum atomic E-state index is 5.33. The van der Waals surface area contributed by atoms with Crippen LogP contribution in [-0.2, 0) is 11.8 Å². The summed E-state index contributed by atoms with van der Waals surface area (Å²) in [5.41, 5.74) is 1.20. The van der Waals surface area contributed by atoms with Crippen LogP contribution < -0.4 is 5.32 Å². The summed E-state index contributed by atoms with van der Waals surface area (Å²) in [6.45, 7) is 3.58. The van der Waals surface area contributed by atoms with E-state index in [1.165, 1.54) is 5.69 Å². The third-order valence-corrected chi connectivity index (χ3v) is 2.32. The number of hydrogen-bond acceptors (Lipinski definition) is 3. The largest absolute Gasteiger partial charge is 0.382 e. The van der Waals surface area contributed by atoms with Gasteiger partial charge in [0.05, 0.1) is 11.7 Å². The molecule has 1 heterocycles. The molecule has 0 saturated carbocycles. The predicted molar refractivity (Wildman–Crippen MR) is 56.1 cm³/mol. The van der Waals surface area contributed by atoms with Gasteiger partial charge in [0.15, 0.2) is 0 Å². The van der Waals surface area contributed by atoms with E-state index in [1.54, 1.807) is 0 Å². The second kappa shape index (κ2) is 5.78. The molecule has 0 aliphatic carbocycles. The lowest BCUT2D eigenvalue weighted by Crippen LogP contribution is -2.21. The average Bonchev–Trinajstić information content (AvgIpc) is 2.60. The Morgan fingerprint density at radius 1 is 1.64 bits per heavy atom. The maximum Gasteiger partial charge on any atom is 0.0551 e. The molecule has 0 fully saturated rings. The zero-order chi connectivity index (χ0) is 10.4. The van der Waals surface area contributed by atoms with Crippen LogP contribution in [0, 0.1) is 0 Å². The molecule has 0 aliphatic heterocycles. The van der Waals surface area contributed by atoms with E-state index in [9.17, 15) is 0 Å². The quantitative estimate of drug-likeness (QED) is 0.694. The zero-order valence-electron chi connectivity index (χ0n) is 9.16. The number of ether oxygens (including phenoxy) is 1. The van der Waals surface area contributed by atoms with Gasteiger partial charge in [-0.25, -0.2) is 0 Å². The Morgan fingerprint density at radius 2 is 2.43 bits per heavy atom. The monoisotopic (exact) mass is 197 g/mol. The molecular formula is C10H19N3O. The molecule has 0 radical (unpaired) electrons. The van der Waals surface area contributed by atoms with Crippen LogP contribution >= 0.6 is 0 Å². The molecule has 4 heteroatoms. The number of rotatable bonds is 6. The zero-order valence-corrected chi connectivity index (χ0v) is 9.16. The predicted octanol–water partition coefficient (Wildman–Crippen LogP) is 1.11. The highest BCUT2D eigenvalue weighted by molar-refractivity contribution is 5.06. The van der Waals surface area contributed by atoms with E-state index in [1.807, 2.05) is 38.0 Å². The van der Waals surface area contributed by atoms with Gasteiger partial charge < -0.3 is 10.1 Å². The number of hydrogen-bond donors (Lipinski definition) is 1. The minimum absolute atomic E-state index is 0.328. The van der Waals surface area contributed by atoms with Gasteiger partial charge in [-0.1, -0.05) is 0 Å². The molecule has 1 unspecified atom stereocenters. The van der Waals surface area contributed by atoms with Gasteiger partial charge in [0, 0.05) is 26.5 Å². The van der Waals surface area contributed by atoms with Crippen LogP contribution in [0.1, 0.15) is 25.1 Å². The van der Waals surface area contributed by atoms with Crippen molar-refractivity contribution in [1.82, 2.24) is 15.1 Å². The first-order valence-electron chi connectivity index (χ1n) is 5.02. The molecule has 1 aromatic heterocycles. The maximum absolute atomic E-state index is 5.33. The first-order valence-corrected chi connectivity index (χ1v) is 5.02. The molecule has 0 saturated heterocycles. The fourth-order valence-corrected chi connectivity index (χ4v) is 1.51. The highest BCUT2D eigenvalue weighted by atomic mass is 16.5. The molecular weight excluding hydrogens is 178 g/mol. The summed E-state index contributed by atoms with van der Waals surface area (Å²) in [5.74, 6) is 0. The number of nitrogens with one attached hydrogen (secondary N) is 1. The number of aromatic nitrogens is 2. The second-order valence-electron chi connectivity index (χ2n) is 3.21. The lowest BCUT2D eigenvalue weighted by molar-refractivity contribution is 0.136. The van der Waals surface area contributed by atoms with Crippen LogP contribution in [0.5, 0.6) is 0 Å². The summed E-state index contributed by atoms with van der Waals surface area (Å²) < 4.78 is 7.23. The van der Waals surface area contributed by atoms with Crippen LogP contribution in [0.25, 0.3) is 0 Å². The van der Waals surface area contributed by atoms with Crippen LogP contribution in [0.15, 0.2) is 12.3 Å².